The molecule has 0 aliphatic carbocycles. The minimum absolute atomic E-state index is 0.0640. The first kappa shape index (κ1) is 20.0. The van der Waals surface area contributed by atoms with Crippen LogP contribution in [0.5, 0.6) is 0 Å². The van der Waals surface area contributed by atoms with Crippen LogP contribution in [-0.2, 0) is 16.0 Å². The average Bonchev–Trinajstić information content (AvgIpc) is 2.52. The third kappa shape index (κ3) is 5.33. The van der Waals surface area contributed by atoms with Gasteiger partial charge in [0.2, 0.25) is 11.8 Å². The molecule has 0 aromatic heterocycles. The van der Waals surface area contributed by atoms with Crippen LogP contribution in [0.2, 0.25) is 5.02 Å². The molecule has 0 saturated heterocycles. The van der Waals surface area contributed by atoms with Crippen molar-refractivity contribution in [2.45, 2.75) is 34.1 Å². The van der Waals surface area contributed by atoms with Gasteiger partial charge in [-0.3, -0.25) is 9.59 Å². The third-order valence-electron chi connectivity index (χ3n) is 4.15. The molecule has 0 atom stereocenters. The summed E-state index contributed by atoms with van der Waals surface area (Å²) >= 11 is 6.36. The predicted octanol–water partition coefficient (Wildman–Crippen LogP) is 3.98. The van der Waals surface area contributed by atoms with Gasteiger partial charge in [-0.15, -0.1) is 0 Å². The first-order valence-electron chi connectivity index (χ1n) is 8.65. The highest BCUT2D eigenvalue weighted by Crippen LogP contribution is 2.31. The minimum Gasteiger partial charge on any atom is -0.354 e. The summed E-state index contributed by atoms with van der Waals surface area (Å²) in [6.45, 7) is 8.14. The van der Waals surface area contributed by atoms with Crippen LogP contribution >= 0.6 is 11.6 Å². The van der Waals surface area contributed by atoms with Gasteiger partial charge in [0.1, 0.15) is 0 Å². The Labute approximate surface area is 160 Å². The molecular weight excluding hydrogens is 348 g/mol. The summed E-state index contributed by atoms with van der Waals surface area (Å²) < 4.78 is 0. The van der Waals surface area contributed by atoms with E-state index in [0.29, 0.717) is 30.2 Å². The van der Waals surface area contributed by atoms with Crippen molar-refractivity contribution < 1.29 is 9.59 Å². The molecule has 0 saturated carbocycles. The number of carbonyl (C=O) groups excluding carboxylic acids is 2. The van der Waals surface area contributed by atoms with Gasteiger partial charge in [-0.1, -0.05) is 47.5 Å². The van der Waals surface area contributed by atoms with E-state index in [9.17, 15) is 9.59 Å². The number of hydrogen-bond acceptors (Lipinski definition) is 2. The largest absolute Gasteiger partial charge is 0.354 e. The summed E-state index contributed by atoms with van der Waals surface area (Å²) in [5.41, 5.74) is 4.80. The van der Waals surface area contributed by atoms with Gasteiger partial charge in [-0.25, -0.2) is 0 Å². The highest BCUT2D eigenvalue weighted by atomic mass is 35.5. The lowest BCUT2D eigenvalue weighted by Crippen LogP contribution is -2.38. The van der Waals surface area contributed by atoms with Crippen molar-refractivity contribution in [3.63, 3.8) is 0 Å². The van der Waals surface area contributed by atoms with E-state index in [0.717, 1.165) is 22.3 Å². The fourth-order valence-corrected chi connectivity index (χ4v) is 3.48. The number of nitrogens with one attached hydrogen (secondary N) is 1. The van der Waals surface area contributed by atoms with Crippen LogP contribution in [0.3, 0.4) is 0 Å². The number of nitrogens with zero attached hydrogens (tertiary/aromatic N) is 1. The van der Waals surface area contributed by atoms with Gasteiger partial charge in [0.05, 0.1) is 17.1 Å². The van der Waals surface area contributed by atoms with E-state index in [4.69, 9.17) is 11.6 Å². The van der Waals surface area contributed by atoms with E-state index in [2.05, 4.69) is 5.32 Å². The van der Waals surface area contributed by atoms with Gasteiger partial charge >= 0.3 is 0 Å². The molecule has 0 radical (unpaired) electrons. The summed E-state index contributed by atoms with van der Waals surface area (Å²) in [6.07, 6.45) is 0.325. The van der Waals surface area contributed by atoms with Crippen LogP contribution < -0.4 is 10.2 Å². The Morgan fingerprint density at radius 1 is 1.08 bits per heavy atom. The molecule has 2 amide bonds. The van der Waals surface area contributed by atoms with Gasteiger partial charge in [-0.05, 0) is 43.5 Å². The van der Waals surface area contributed by atoms with E-state index < -0.39 is 0 Å². The van der Waals surface area contributed by atoms with E-state index in [1.54, 1.807) is 4.90 Å². The lowest BCUT2D eigenvalue weighted by atomic mass is 10.1. The van der Waals surface area contributed by atoms with E-state index in [1.165, 1.54) is 6.92 Å². The second-order valence-corrected chi connectivity index (χ2v) is 7.01. The normalized spacial score (nSPS) is 10.5. The Bertz CT molecular complexity index is 794. The summed E-state index contributed by atoms with van der Waals surface area (Å²) in [6, 6.07) is 11.7. The fourth-order valence-electron chi connectivity index (χ4n) is 3.05. The molecule has 0 bridgehead atoms. The fraction of sp³-hybridized carbons (Fsp3) is 0.333. The third-order valence-corrected chi connectivity index (χ3v) is 4.44. The van der Waals surface area contributed by atoms with Crippen LogP contribution in [0.15, 0.2) is 36.4 Å². The maximum Gasteiger partial charge on any atom is 0.224 e. The number of benzene rings is 2. The van der Waals surface area contributed by atoms with Gasteiger partial charge in [-0.2, -0.15) is 0 Å². The van der Waals surface area contributed by atoms with Gasteiger partial charge < -0.3 is 10.2 Å². The number of rotatable bonds is 6. The molecule has 0 aliphatic rings. The van der Waals surface area contributed by atoms with Crippen molar-refractivity contribution in [3.8, 4) is 0 Å². The first-order valence-corrected chi connectivity index (χ1v) is 9.03. The molecule has 0 aliphatic heterocycles. The van der Waals surface area contributed by atoms with Gasteiger partial charge in [0.15, 0.2) is 0 Å². The SMILES string of the molecule is CC(=O)N(CCNC(=O)Cc1cccc(C)c1)c1c(C)cc(C)cc1Cl. The first-order chi connectivity index (χ1) is 12.3. The number of anilines is 1. The van der Waals surface area contributed by atoms with Crippen molar-refractivity contribution >= 4 is 29.1 Å². The average molecular weight is 373 g/mol. The number of carbonyl (C=O) groups is 2. The summed E-state index contributed by atoms with van der Waals surface area (Å²) in [5.74, 6) is -0.169. The number of hydrogen-bond donors (Lipinski definition) is 1. The topological polar surface area (TPSA) is 49.4 Å². The molecule has 2 rings (SSSR count). The highest BCUT2D eigenvalue weighted by molar-refractivity contribution is 6.34. The van der Waals surface area contributed by atoms with E-state index in [1.807, 2.05) is 57.2 Å². The van der Waals surface area contributed by atoms with Crippen LogP contribution in [0.4, 0.5) is 5.69 Å². The quantitative estimate of drug-likeness (QED) is 0.833. The van der Waals surface area contributed by atoms with Crippen LogP contribution in [0.1, 0.15) is 29.2 Å². The zero-order valence-electron chi connectivity index (χ0n) is 15.7. The number of halogens is 1. The molecule has 5 heteroatoms. The Balaban J connectivity index is 1.99. The molecule has 0 fully saturated rings. The van der Waals surface area contributed by atoms with Crippen molar-refractivity contribution in [2.75, 3.05) is 18.0 Å². The maximum absolute atomic E-state index is 12.1. The molecule has 0 spiro atoms. The van der Waals surface area contributed by atoms with Crippen LogP contribution in [0, 0.1) is 20.8 Å². The molecule has 2 aromatic carbocycles. The summed E-state index contributed by atoms with van der Waals surface area (Å²) in [4.78, 5) is 25.9. The highest BCUT2D eigenvalue weighted by Gasteiger charge is 2.17. The Morgan fingerprint density at radius 3 is 2.42 bits per heavy atom. The Morgan fingerprint density at radius 2 is 1.81 bits per heavy atom. The molecule has 0 heterocycles. The second kappa shape index (κ2) is 8.86. The van der Waals surface area contributed by atoms with Gasteiger partial charge in [0.25, 0.3) is 0 Å². The molecule has 2 aromatic rings. The zero-order chi connectivity index (χ0) is 19.3. The molecule has 1 N–H and O–H groups in total. The lowest BCUT2D eigenvalue weighted by Gasteiger charge is -2.25. The van der Waals surface area contributed by atoms with Crippen LogP contribution in [0.25, 0.3) is 0 Å². The molecule has 4 nitrogen and oxygen atoms in total. The zero-order valence-corrected chi connectivity index (χ0v) is 16.5. The van der Waals surface area contributed by atoms with E-state index >= 15 is 0 Å². The van der Waals surface area contributed by atoms with Crippen molar-refractivity contribution in [2.24, 2.45) is 0 Å². The van der Waals surface area contributed by atoms with Crippen LogP contribution in [-0.4, -0.2) is 24.9 Å². The van der Waals surface area contributed by atoms with Crippen molar-refractivity contribution in [1.82, 2.24) is 5.32 Å². The molecule has 0 unspecified atom stereocenters. The molecule has 26 heavy (non-hydrogen) atoms. The lowest BCUT2D eigenvalue weighted by molar-refractivity contribution is -0.121. The summed E-state index contributed by atoms with van der Waals surface area (Å²) in [5, 5.41) is 3.43. The molecular formula is C21H25ClN2O2. The van der Waals surface area contributed by atoms with E-state index in [-0.39, 0.29) is 11.8 Å². The standard InChI is InChI=1S/C21H25ClN2O2/c1-14-6-5-7-18(11-14)13-20(26)23-8-9-24(17(4)25)21-16(3)10-15(2)12-19(21)22/h5-7,10-12H,8-9,13H2,1-4H3,(H,23,26). The monoisotopic (exact) mass is 372 g/mol. The summed E-state index contributed by atoms with van der Waals surface area (Å²) in [7, 11) is 0. The smallest absolute Gasteiger partial charge is 0.224 e. The minimum atomic E-state index is -0.105. The predicted molar refractivity (Wildman–Crippen MR) is 107 cm³/mol. The van der Waals surface area contributed by atoms with Crippen molar-refractivity contribution in [1.29, 1.82) is 0 Å². The Hall–Kier alpha value is -2.33. The Kier molecular flexibility index (Phi) is 6.81. The number of aryl methyl sites for hydroxylation is 3. The number of amides is 2. The van der Waals surface area contributed by atoms with Gasteiger partial charge in [0, 0.05) is 20.0 Å². The molecule has 138 valence electrons. The maximum atomic E-state index is 12.1. The van der Waals surface area contributed by atoms with Crippen molar-refractivity contribution in [3.05, 3.63) is 63.7 Å². The second-order valence-electron chi connectivity index (χ2n) is 6.60.